The second kappa shape index (κ2) is 10.4. The van der Waals surface area contributed by atoms with E-state index in [4.69, 9.17) is 9.47 Å². The molecule has 0 rings (SSSR count). The maximum atomic E-state index is 5.61. The molecular formula is C12H27NO2. The average molecular weight is 217 g/mol. The van der Waals surface area contributed by atoms with Crippen LogP contribution in [0.25, 0.3) is 0 Å². The Bertz CT molecular complexity index is 129. The molecule has 0 amide bonds. The summed E-state index contributed by atoms with van der Waals surface area (Å²) >= 11 is 0. The summed E-state index contributed by atoms with van der Waals surface area (Å²) in [6, 6.07) is 0.335. The molecule has 0 spiro atoms. The van der Waals surface area contributed by atoms with E-state index in [0.29, 0.717) is 6.04 Å². The zero-order valence-corrected chi connectivity index (χ0v) is 10.7. The molecule has 0 bridgehead atoms. The molecule has 0 heterocycles. The van der Waals surface area contributed by atoms with Crippen LogP contribution in [-0.2, 0) is 9.47 Å². The first-order valence-corrected chi connectivity index (χ1v) is 6.00. The van der Waals surface area contributed by atoms with Crippen molar-refractivity contribution in [3.8, 4) is 0 Å². The van der Waals surface area contributed by atoms with Crippen LogP contribution in [0.4, 0.5) is 0 Å². The van der Waals surface area contributed by atoms with Crippen LogP contribution >= 0.6 is 0 Å². The molecule has 0 aliphatic carbocycles. The van der Waals surface area contributed by atoms with Crippen molar-refractivity contribution in [3.63, 3.8) is 0 Å². The van der Waals surface area contributed by atoms with Gasteiger partial charge in [-0.25, -0.2) is 0 Å². The van der Waals surface area contributed by atoms with Gasteiger partial charge in [0.25, 0.3) is 0 Å². The van der Waals surface area contributed by atoms with E-state index in [1.54, 1.807) is 7.11 Å². The fraction of sp³-hybridized carbons (Fsp3) is 1.00. The summed E-state index contributed by atoms with van der Waals surface area (Å²) in [5.74, 6) is 0.717. The fourth-order valence-corrected chi connectivity index (χ4v) is 1.26. The predicted octanol–water partition coefficient (Wildman–Crippen LogP) is 2.06. The Balaban J connectivity index is 3.47. The highest BCUT2D eigenvalue weighted by Gasteiger charge is 2.07. The van der Waals surface area contributed by atoms with E-state index in [1.165, 1.54) is 0 Å². The van der Waals surface area contributed by atoms with E-state index in [1.807, 2.05) is 0 Å². The van der Waals surface area contributed by atoms with Crippen molar-refractivity contribution in [2.24, 2.45) is 5.92 Å². The molecule has 1 atom stereocenters. The second-order valence-electron chi connectivity index (χ2n) is 4.36. The predicted molar refractivity (Wildman–Crippen MR) is 64.2 cm³/mol. The van der Waals surface area contributed by atoms with E-state index in [-0.39, 0.29) is 0 Å². The molecule has 0 saturated carbocycles. The van der Waals surface area contributed by atoms with Gasteiger partial charge in [0.15, 0.2) is 0 Å². The zero-order valence-electron chi connectivity index (χ0n) is 10.7. The number of hydrogen-bond donors (Lipinski definition) is 1. The van der Waals surface area contributed by atoms with Crippen molar-refractivity contribution in [3.05, 3.63) is 0 Å². The quantitative estimate of drug-likeness (QED) is 0.568. The van der Waals surface area contributed by atoms with Crippen LogP contribution in [0.1, 0.15) is 33.6 Å². The van der Waals surface area contributed by atoms with Gasteiger partial charge in [-0.05, 0) is 25.3 Å². The Labute approximate surface area is 94.5 Å². The van der Waals surface area contributed by atoms with Crippen LogP contribution in [0.5, 0.6) is 0 Å². The SMILES string of the molecule is CCCNC(COC)COCCC(C)C. The molecule has 0 radical (unpaired) electrons. The third-order valence-corrected chi connectivity index (χ3v) is 2.21. The maximum Gasteiger partial charge on any atom is 0.0642 e. The van der Waals surface area contributed by atoms with Crippen LogP contribution in [0.2, 0.25) is 0 Å². The van der Waals surface area contributed by atoms with E-state index < -0.39 is 0 Å². The minimum atomic E-state index is 0.335. The second-order valence-corrected chi connectivity index (χ2v) is 4.36. The topological polar surface area (TPSA) is 30.5 Å². The van der Waals surface area contributed by atoms with Gasteiger partial charge in [0, 0.05) is 13.7 Å². The molecular weight excluding hydrogens is 190 g/mol. The first-order valence-electron chi connectivity index (χ1n) is 6.00. The van der Waals surface area contributed by atoms with Crippen molar-refractivity contribution in [2.45, 2.75) is 39.7 Å². The molecule has 0 aromatic rings. The van der Waals surface area contributed by atoms with Gasteiger partial charge in [-0.2, -0.15) is 0 Å². The highest BCUT2D eigenvalue weighted by atomic mass is 16.5. The van der Waals surface area contributed by atoms with Gasteiger partial charge in [-0.3, -0.25) is 0 Å². The monoisotopic (exact) mass is 217 g/mol. The number of rotatable bonds is 10. The van der Waals surface area contributed by atoms with Crippen molar-refractivity contribution >= 4 is 0 Å². The first kappa shape index (κ1) is 14.9. The third kappa shape index (κ3) is 10.2. The minimum absolute atomic E-state index is 0.335. The van der Waals surface area contributed by atoms with E-state index in [0.717, 1.165) is 45.1 Å². The van der Waals surface area contributed by atoms with Crippen LogP contribution in [0.15, 0.2) is 0 Å². The van der Waals surface area contributed by atoms with Crippen molar-refractivity contribution < 1.29 is 9.47 Å². The van der Waals surface area contributed by atoms with Crippen molar-refractivity contribution in [1.82, 2.24) is 5.32 Å². The average Bonchev–Trinajstić information content (AvgIpc) is 2.20. The smallest absolute Gasteiger partial charge is 0.0642 e. The largest absolute Gasteiger partial charge is 0.383 e. The van der Waals surface area contributed by atoms with Crippen LogP contribution < -0.4 is 5.32 Å². The van der Waals surface area contributed by atoms with Gasteiger partial charge in [0.1, 0.15) is 0 Å². The van der Waals surface area contributed by atoms with E-state index in [2.05, 4.69) is 26.1 Å². The molecule has 3 nitrogen and oxygen atoms in total. The lowest BCUT2D eigenvalue weighted by atomic mass is 10.1. The summed E-state index contributed by atoms with van der Waals surface area (Å²) in [6.45, 7) is 9.95. The van der Waals surface area contributed by atoms with Crippen LogP contribution in [-0.4, -0.2) is 39.5 Å². The lowest BCUT2D eigenvalue weighted by Crippen LogP contribution is -2.38. The first-order chi connectivity index (χ1) is 7.20. The van der Waals surface area contributed by atoms with E-state index >= 15 is 0 Å². The standard InChI is InChI=1S/C12H27NO2/c1-5-7-13-12(9-14-4)10-15-8-6-11(2)3/h11-13H,5-10H2,1-4H3. The molecule has 0 aromatic heterocycles. The Morgan fingerprint density at radius 3 is 2.47 bits per heavy atom. The summed E-state index contributed by atoms with van der Waals surface area (Å²) in [6.07, 6.45) is 2.28. The molecule has 15 heavy (non-hydrogen) atoms. The van der Waals surface area contributed by atoms with Gasteiger partial charge >= 0.3 is 0 Å². The number of methoxy groups -OCH3 is 1. The summed E-state index contributed by atoms with van der Waals surface area (Å²) in [7, 11) is 1.73. The molecule has 0 aliphatic rings. The number of hydrogen-bond acceptors (Lipinski definition) is 3. The number of nitrogens with one attached hydrogen (secondary N) is 1. The minimum Gasteiger partial charge on any atom is -0.383 e. The Kier molecular flexibility index (Phi) is 10.3. The Morgan fingerprint density at radius 2 is 1.93 bits per heavy atom. The Morgan fingerprint density at radius 1 is 1.20 bits per heavy atom. The lowest BCUT2D eigenvalue weighted by Gasteiger charge is -2.17. The molecule has 1 unspecified atom stereocenters. The van der Waals surface area contributed by atoms with Gasteiger partial charge in [0.05, 0.1) is 19.3 Å². The highest BCUT2D eigenvalue weighted by molar-refractivity contribution is 4.64. The van der Waals surface area contributed by atoms with Crippen LogP contribution in [0.3, 0.4) is 0 Å². The molecule has 0 fully saturated rings. The molecule has 0 saturated heterocycles. The molecule has 1 N–H and O–H groups in total. The van der Waals surface area contributed by atoms with E-state index in [9.17, 15) is 0 Å². The van der Waals surface area contributed by atoms with Gasteiger partial charge in [-0.15, -0.1) is 0 Å². The van der Waals surface area contributed by atoms with Crippen molar-refractivity contribution in [1.29, 1.82) is 0 Å². The lowest BCUT2D eigenvalue weighted by molar-refractivity contribution is 0.0692. The maximum absolute atomic E-state index is 5.61. The van der Waals surface area contributed by atoms with Gasteiger partial charge in [0.2, 0.25) is 0 Å². The molecule has 0 aromatic carbocycles. The normalized spacial score (nSPS) is 13.4. The molecule has 0 aliphatic heterocycles. The highest BCUT2D eigenvalue weighted by Crippen LogP contribution is 1.99. The molecule has 3 heteroatoms. The van der Waals surface area contributed by atoms with Gasteiger partial charge < -0.3 is 14.8 Å². The summed E-state index contributed by atoms with van der Waals surface area (Å²) < 4.78 is 10.8. The fourth-order valence-electron chi connectivity index (χ4n) is 1.26. The summed E-state index contributed by atoms with van der Waals surface area (Å²) in [4.78, 5) is 0. The zero-order chi connectivity index (χ0) is 11.5. The van der Waals surface area contributed by atoms with Gasteiger partial charge in [-0.1, -0.05) is 20.8 Å². The van der Waals surface area contributed by atoms with Crippen molar-refractivity contribution in [2.75, 3.05) is 33.5 Å². The summed E-state index contributed by atoms with van der Waals surface area (Å²) in [5.41, 5.74) is 0. The van der Waals surface area contributed by atoms with Crippen LogP contribution in [0, 0.1) is 5.92 Å². The molecule has 92 valence electrons. The number of ether oxygens (including phenoxy) is 2. The summed E-state index contributed by atoms with van der Waals surface area (Å²) in [5, 5.41) is 3.41. The Hall–Kier alpha value is -0.120. The third-order valence-electron chi connectivity index (χ3n) is 2.21.